The molecule has 2 bridgehead atoms. The summed E-state index contributed by atoms with van der Waals surface area (Å²) in [4.78, 5) is 27.0. The molecule has 2 aliphatic rings. The molecule has 3 aromatic rings. The lowest BCUT2D eigenvalue weighted by molar-refractivity contribution is -0.168. The molecule has 2 heterocycles. The van der Waals surface area contributed by atoms with E-state index in [0.717, 1.165) is 11.1 Å². The molecule has 0 radical (unpaired) electrons. The minimum Gasteiger partial charge on any atom is -0.393 e. The molecule has 1 aliphatic carbocycles. The third-order valence-corrected chi connectivity index (χ3v) is 7.01. The molecular formula is C27H30N2O6. The molecule has 0 unspecified atom stereocenters. The average molecular weight is 479 g/mol. The lowest BCUT2D eigenvalue weighted by Crippen LogP contribution is -2.53. The molecule has 1 saturated heterocycles. The van der Waals surface area contributed by atoms with Gasteiger partial charge in [0.1, 0.15) is 11.8 Å². The highest BCUT2D eigenvalue weighted by molar-refractivity contribution is 5.16. The number of H-pyrrole nitrogens is 1. The maximum absolute atomic E-state index is 12.7. The van der Waals surface area contributed by atoms with Crippen LogP contribution in [0.5, 0.6) is 0 Å². The van der Waals surface area contributed by atoms with Gasteiger partial charge in [-0.1, -0.05) is 60.7 Å². The van der Waals surface area contributed by atoms with Crippen molar-refractivity contribution in [3.05, 3.63) is 104 Å². The number of aliphatic hydroxyl groups is 1. The second-order valence-electron chi connectivity index (χ2n) is 9.43. The largest absolute Gasteiger partial charge is 0.393 e. The second-order valence-corrected chi connectivity index (χ2v) is 9.43. The Labute approximate surface area is 203 Å². The molecule has 1 aliphatic heterocycles. The minimum absolute atomic E-state index is 0.248. The molecule has 2 aromatic carbocycles. The van der Waals surface area contributed by atoms with Crippen LogP contribution in [0.3, 0.4) is 0 Å². The van der Waals surface area contributed by atoms with Gasteiger partial charge in [0.25, 0.3) is 5.56 Å². The molecule has 8 nitrogen and oxygen atoms in total. The first-order chi connectivity index (χ1) is 17.0. The Kier molecular flexibility index (Phi) is 6.71. The van der Waals surface area contributed by atoms with E-state index in [1.807, 2.05) is 60.7 Å². The predicted molar refractivity (Wildman–Crippen MR) is 129 cm³/mol. The van der Waals surface area contributed by atoms with Gasteiger partial charge in [-0.2, -0.15) is 0 Å². The van der Waals surface area contributed by atoms with Crippen LogP contribution in [0.15, 0.2) is 76.4 Å². The van der Waals surface area contributed by atoms with Crippen molar-refractivity contribution in [2.45, 2.75) is 57.0 Å². The smallest absolute Gasteiger partial charge is 0.330 e. The quantitative estimate of drug-likeness (QED) is 0.516. The maximum atomic E-state index is 12.7. The van der Waals surface area contributed by atoms with Crippen molar-refractivity contribution in [1.82, 2.24) is 9.55 Å². The van der Waals surface area contributed by atoms with Gasteiger partial charge < -0.3 is 19.3 Å². The Balaban J connectivity index is 1.46. The molecule has 5 atom stereocenters. The molecule has 1 saturated carbocycles. The number of aliphatic hydroxyl groups excluding tert-OH is 1. The lowest BCUT2D eigenvalue weighted by Gasteiger charge is -2.40. The first kappa shape index (κ1) is 23.7. The summed E-state index contributed by atoms with van der Waals surface area (Å²) < 4.78 is 20.5. The zero-order valence-corrected chi connectivity index (χ0v) is 19.6. The summed E-state index contributed by atoms with van der Waals surface area (Å²) in [5.41, 5.74) is 0.570. The monoisotopic (exact) mass is 478 g/mol. The summed E-state index contributed by atoms with van der Waals surface area (Å²) in [5.74, 6) is -0.504. The van der Waals surface area contributed by atoms with Crippen molar-refractivity contribution in [1.29, 1.82) is 0 Å². The Morgan fingerprint density at radius 3 is 2.40 bits per heavy atom. The van der Waals surface area contributed by atoms with Crippen molar-refractivity contribution in [2.24, 2.45) is 5.92 Å². The molecular weight excluding hydrogens is 448 g/mol. The minimum atomic E-state index is -0.846. The van der Waals surface area contributed by atoms with Gasteiger partial charge >= 0.3 is 5.69 Å². The van der Waals surface area contributed by atoms with Crippen LogP contribution < -0.4 is 11.2 Å². The van der Waals surface area contributed by atoms with E-state index in [-0.39, 0.29) is 6.61 Å². The maximum Gasteiger partial charge on any atom is 0.330 e. The fourth-order valence-electron chi connectivity index (χ4n) is 5.21. The van der Waals surface area contributed by atoms with E-state index in [0.29, 0.717) is 31.6 Å². The molecule has 2 N–H and O–H groups in total. The number of ether oxygens (including phenoxy) is 3. The third kappa shape index (κ3) is 4.75. The van der Waals surface area contributed by atoms with Gasteiger partial charge in [0.05, 0.1) is 37.9 Å². The molecule has 0 spiro atoms. The summed E-state index contributed by atoms with van der Waals surface area (Å²) in [6, 6.07) is 19.7. The number of aryl methyl sites for hydroxylation is 1. The summed E-state index contributed by atoms with van der Waals surface area (Å²) in [6.07, 6.45) is 0.476. The van der Waals surface area contributed by atoms with Gasteiger partial charge in [0.2, 0.25) is 0 Å². The van der Waals surface area contributed by atoms with Crippen molar-refractivity contribution in [2.75, 3.05) is 6.61 Å². The van der Waals surface area contributed by atoms with Crippen LogP contribution in [0.2, 0.25) is 0 Å². The van der Waals surface area contributed by atoms with Crippen molar-refractivity contribution < 1.29 is 19.3 Å². The van der Waals surface area contributed by atoms with Crippen LogP contribution in [0.25, 0.3) is 0 Å². The van der Waals surface area contributed by atoms with E-state index in [1.165, 1.54) is 10.8 Å². The highest BCUT2D eigenvalue weighted by Crippen LogP contribution is 2.51. The van der Waals surface area contributed by atoms with Crippen LogP contribution in [-0.2, 0) is 27.4 Å². The topological polar surface area (TPSA) is 103 Å². The molecule has 0 amide bonds. The molecule has 8 heteroatoms. The van der Waals surface area contributed by atoms with Crippen molar-refractivity contribution >= 4 is 0 Å². The van der Waals surface area contributed by atoms with E-state index in [2.05, 4.69) is 4.98 Å². The number of fused-ring (bicyclic) bond motifs is 2. The molecule has 2 fully saturated rings. The van der Waals surface area contributed by atoms with Crippen LogP contribution >= 0.6 is 0 Å². The van der Waals surface area contributed by atoms with Crippen LogP contribution in [-0.4, -0.2) is 39.1 Å². The molecule has 1 aromatic heterocycles. The first-order valence-electron chi connectivity index (χ1n) is 11.9. The predicted octanol–water partition coefficient (Wildman–Crippen LogP) is 2.69. The number of nitrogens with one attached hydrogen (secondary N) is 1. The number of aromatic amines is 1. The standard InChI is InChI=1S/C27H30N2O6/c1-18-14-29(26(32)28-24(18)31)25-22-21(30)12-13-27(35-25,17-33-15-19-8-4-2-5-9-19)23(22)34-16-20-10-6-3-7-11-20/h2-11,14,21-23,25,30H,12-13,15-17H2,1H3,(H,28,31,32)/t21-,22-,23+,25-,27-/m1/s1. The van der Waals surface area contributed by atoms with E-state index in [4.69, 9.17) is 14.2 Å². The van der Waals surface area contributed by atoms with Gasteiger partial charge in [0.15, 0.2) is 0 Å². The van der Waals surface area contributed by atoms with Gasteiger partial charge in [-0.25, -0.2) is 4.79 Å². The number of benzene rings is 2. The number of hydrogen-bond acceptors (Lipinski definition) is 6. The number of nitrogens with zero attached hydrogens (tertiary/aromatic N) is 1. The number of aromatic nitrogens is 2. The van der Waals surface area contributed by atoms with E-state index < -0.39 is 41.2 Å². The van der Waals surface area contributed by atoms with Crippen LogP contribution in [0, 0.1) is 12.8 Å². The Morgan fingerprint density at radius 2 is 1.71 bits per heavy atom. The zero-order chi connectivity index (χ0) is 24.4. The Hall–Kier alpha value is -3.04. The van der Waals surface area contributed by atoms with Crippen LogP contribution in [0.4, 0.5) is 0 Å². The SMILES string of the molecule is Cc1cn([C@@H]2O[C@@]3(COCc4ccccc4)CC[C@@H](O)[C@@H]2[C@@H]3OCc2ccccc2)c(=O)[nH]c1=O. The highest BCUT2D eigenvalue weighted by Gasteiger charge is 2.62. The van der Waals surface area contributed by atoms with Gasteiger partial charge in [-0.15, -0.1) is 0 Å². The number of rotatable bonds is 8. The zero-order valence-electron chi connectivity index (χ0n) is 19.6. The second kappa shape index (κ2) is 9.91. The highest BCUT2D eigenvalue weighted by atomic mass is 16.6. The summed E-state index contributed by atoms with van der Waals surface area (Å²) in [6.45, 7) is 2.63. The molecule has 35 heavy (non-hydrogen) atoms. The molecule has 184 valence electrons. The Morgan fingerprint density at radius 1 is 1.06 bits per heavy atom. The van der Waals surface area contributed by atoms with Gasteiger partial charge in [-0.3, -0.25) is 14.3 Å². The fraction of sp³-hybridized carbons (Fsp3) is 0.407. The molecule has 5 rings (SSSR count). The lowest BCUT2D eigenvalue weighted by atomic mass is 9.76. The van der Waals surface area contributed by atoms with E-state index in [9.17, 15) is 14.7 Å². The number of hydrogen-bond donors (Lipinski definition) is 2. The third-order valence-electron chi connectivity index (χ3n) is 7.01. The normalized spacial score (nSPS) is 27.7. The van der Waals surface area contributed by atoms with E-state index in [1.54, 1.807) is 6.92 Å². The summed E-state index contributed by atoms with van der Waals surface area (Å²) in [5, 5.41) is 11.0. The van der Waals surface area contributed by atoms with Crippen LogP contribution in [0.1, 0.15) is 35.8 Å². The van der Waals surface area contributed by atoms with Crippen molar-refractivity contribution in [3.63, 3.8) is 0 Å². The van der Waals surface area contributed by atoms with Gasteiger partial charge in [-0.05, 0) is 30.9 Å². The first-order valence-corrected chi connectivity index (χ1v) is 11.9. The Bertz CT molecular complexity index is 1260. The van der Waals surface area contributed by atoms with Gasteiger partial charge in [0, 0.05) is 11.8 Å². The summed E-state index contributed by atoms with van der Waals surface area (Å²) >= 11 is 0. The average Bonchev–Trinajstić information content (AvgIpc) is 3.10. The fourth-order valence-corrected chi connectivity index (χ4v) is 5.21. The van der Waals surface area contributed by atoms with Crippen molar-refractivity contribution in [3.8, 4) is 0 Å². The van der Waals surface area contributed by atoms with E-state index >= 15 is 0 Å². The summed E-state index contributed by atoms with van der Waals surface area (Å²) in [7, 11) is 0.